The number of aromatic nitrogens is 2. The van der Waals surface area contributed by atoms with Gasteiger partial charge in [0, 0.05) is 15.9 Å². The third-order valence-corrected chi connectivity index (χ3v) is 7.41. The fourth-order valence-electron chi connectivity index (χ4n) is 4.43. The van der Waals surface area contributed by atoms with E-state index >= 15 is 0 Å². The van der Waals surface area contributed by atoms with Gasteiger partial charge in [-0.25, -0.2) is 9.37 Å². The van der Waals surface area contributed by atoms with Crippen molar-refractivity contribution in [3.05, 3.63) is 97.6 Å². The Labute approximate surface area is 194 Å². The molecule has 0 bridgehead atoms. The maximum Gasteiger partial charge on any atom is 0.262 e. The molecule has 164 valence electrons. The molecule has 0 amide bonds. The molecule has 5 rings (SSSR count). The van der Waals surface area contributed by atoms with Gasteiger partial charge in [-0.3, -0.25) is 9.36 Å². The van der Waals surface area contributed by atoms with Gasteiger partial charge in [0.15, 0.2) is 0 Å². The molecule has 32 heavy (non-hydrogen) atoms. The van der Waals surface area contributed by atoms with E-state index in [1.54, 1.807) is 34.4 Å². The molecule has 0 saturated carbocycles. The Hall–Kier alpha value is -2.54. The summed E-state index contributed by atoms with van der Waals surface area (Å²) < 4.78 is 15.0. The van der Waals surface area contributed by atoms with Gasteiger partial charge in [0.2, 0.25) is 0 Å². The highest BCUT2D eigenvalue weighted by atomic mass is 35.5. The third kappa shape index (κ3) is 4.49. The molecule has 1 aliphatic rings. The van der Waals surface area contributed by atoms with Crippen LogP contribution >= 0.6 is 22.9 Å². The largest absolute Gasteiger partial charge is 0.313 e. The van der Waals surface area contributed by atoms with Crippen LogP contribution < -0.4 is 10.9 Å². The van der Waals surface area contributed by atoms with Crippen LogP contribution in [-0.4, -0.2) is 22.1 Å². The number of nitrogens with one attached hydrogen (secondary N) is 1. The van der Waals surface area contributed by atoms with Crippen LogP contribution in [0.25, 0.3) is 10.2 Å². The number of aryl methyl sites for hydroxylation is 1. The normalized spacial score (nSPS) is 15.8. The summed E-state index contributed by atoms with van der Waals surface area (Å²) in [5.41, 5.74) is 3.16. The molecular formula is C25H23ClFN3OS. The van der Waals surface area contributed by atoms with E-state index in [9.17, 15) is 9.18 Å². The van der Waals surface area contributed by atoms with Gasteiger partial charge in [0.05, 0.1) is 18.3 Å². The van der Waals surface area contributed by atoms with Crippen molar-refractivity contribution in [3.63, 3.8) is 0 Å². The van der Waals surface area contributed by atoms with Gasteiger partial charge in [-0.1, -0.05) is 35.9 Å². The first-order valence-corrected chi connectivity index (χ1v) is 12.0. The molecule has 7 heteroatoms. The molecule has 2 aromatic heterocycles. The molecule has 0 spiro atoms. The van der Waals surface area contributed by atoms with Crippen molar-refractivity contribution in [2.24, 2.45) is 0 Å². The average Bonchev–Trinajstić information content (AvgIpc) is 3.14. The quantitative estimate of drug-likeness (QED) is 0.434. The SMILES string of the molecule is O=c1c2c3c(sc2ncn1Cc1cccc(Cl)c1)CC(NCCc1cccc(F)c1)CC3. The van der Waals surface area contributed by atoms with Crippen LogP contribution in [-0.2, 0) is 25.8 Å². The molecule has 2 aromatic carbocycles. The summed E-state index contributed by atoms with van der Waals surface area (Å²) in [6, 6.07) is 14.7. The van der Waals surface area contributed by atoms with E-state index in [4.69, 9.17) is 11.6 Å². The number of hydrogen-bond donors (Lipinski definition) is 1. The number of thiophene rings is 1. The van der Waals surface area contributed by atoms with Crippen LogP contribution in [0.2, 0.25) is 5.02 Å². The van der Waals surface area contributed by atoms with Gasteiger partial charge >= 0.3 is 0 Å². The van der Waals surface area contributed by atoms with E-state index in [2.05, 4.69) is 10.3 Å². The van der Waals surface area contributed by atoms with Crippen LogP contribution in [0.4, 0.5) is 4.39 Å². The van der Waals surface area contributed by atoms with Crippen molar-refractivity contribution < 1.29 is 4.39 Å². The van der Waals surface area contributed by atoms with Crippen molar-refractivity contribution >= 4 is 33.2 Å². The first-order valence-electron chi connectivity index (χ1n) is 10.8. The fourth-order valence-corrected chi connectivity index (χ4v) is 5.90. The van der Waals surface area contributed by atoms with Crippen molar-refractivity contribution in [2.45, 2.75) is 38.3 Å². The standard InChI is InChI=1S/C25H23ClFN3OS/c26-18-5-1-4-17(11-18)14-30-15-29-24-23(25(30)31)21-8-7-20(13-22(21)32-24)28-10-9-16-3-2-6-19(27)12-16/h1-6,11-12,15,20,28H,7-10,13-14H2. The maximum absolute atomic E-state index is 13.4. The van der Waals surface area contributed by atoms with E-state index in [0.717, 1.165) is 59.1 Å². The molecular weight excluding hydrogens is 445 g/mol. The highest BCUT2D eigenvalue weighted by Gasteiger charge is 2.25. The summed E-state index contributed by atoms with van der Waals surface area (Å²) in [7, 11) is 0. The average molecular weight is 468 g/mol. The second-order valence-corrected chi connectivity index (χ2v) is 9.79. The first kappa shape index (κ1) is 21.3. The topological polar surface area (TPSA) is 46.9 Å². The van der Waals surface area contributed by atoms with Crippen molar-refractivity contribution in [1.29, 1.82) is 0 Å². The molecule has 0 saturated heterocycles. The van der Waals surface area contributed by atoms with Gasteiger partial charge in [-0.05, 0) is 73.2 Å². The molecule has 0 fully saturated rings. The Kier molecular flexibility index (Phi) is 6.09. The van der Waals surface area contributed by atoms with E-state index in [1.807, 2.05) is 30.3 Å². The minimum atomic E-state index is -0.191. The Morgan fingerprint density at radius 3 is 2.88 bits per heavy atom. The minimum Gasteiger partial charge on any atom is -0.313 e. The van der Waals surface area contributed by atoms with E-state index in [0.29, 0.717) is 17.6 Å². The van der Waals surface area contributed by atoms with Gasteiger partial charge in [-0.2, -0.15) is 0 Å². The van der Waals surface area contributed by atoms with Crippen molar-refractivity contribution in [2.75, 3.05) is 6.54 Å². The smallest absolute Gasteiger partial charge is 0.262 e. The van der Waals surface area contributed by atoms with Gasteiger partial charge in [-0.15, -0.1) is 11.3 Å². The monoisotopic (exact) mass is 467 g/mol. The summed E-state index contributed by atoms with van der Waals surface area (Å²) in [5, 5.41) is 5.04. The van der Waals surface area contributed by atoms with Gasteiger partial charge < -0.3 is 5.32 Å². The van der Waals surface area contributed by atoms with Crippen molar-refractivity contribution in [1.82, 2.24) is 14.9 Å². The van der Waals surface area contributed by atoms with E-state index < -0.39 is 0 Å². The first-order chi connectivity index (χ1) is 15.6. The number of halogens is 2. The number of hydrogen-bond acceptors (Lipinski definition) is 4. The molecule has 1 atom stereocenters. The Morgan fingerprint density at radius 1 is 1.19 bits per heavy atom. The van der Waals surface area contributed by atoms with E-state index in [1.165, 1.54) is 10.9 Å². The molecule has 1 aliphatic carbocycles. The zero-order chi connectivity index (χ0) is 22.1. The zero-order valence-electron chi connectivity index (χ0n) is 17.5. The lowest BCUT2D eigenvalue weighted by molar-refractivity contribution is 0.466. The van der Waals surface area contributed by atoms with Gasteiger partial charge in [0.1, 0.15) is 10.6 Å². The Balaban J connectivity index is 1.31. The molecule has 0 aliphatic heterocycles. The summed E-state index contributed by atoms with van der Waals surface area (Å²) in [4.78, 5) is 19.9. The van der Waals surface area contributed by atoms with Crippen LogP contribution in [0.3, 0.4) is 0 Å². The lowest BCUT2D eigenvalue weighted by Crippen LogP contribution is -2.35. The Bertz CT molecular complexity index is 1330. The summed E-state index contributed by atoms with van der Waals surface area (Å²) >= 11 is 7.72. The predicted molar refractivity (Wildman–Crippen MR) is 128 cm³/mol. The maximum atomic E-state index is 13.4. The molecule has 1 N–H and O–H groups in total. The second kappa shape index (κ2) is 9.14. The van der Waals surface area contributed by atoms with Crippen LogP contribution in [0.15, 0.2) is 59.7 Å². The predicted octanol–water partition coefficient (Wildman–Crippen LogP) is 4.99. The Morgan fingerprint density at radius 2 is 2.03 bits per heavy atom. The summed E-state index contributed by atoms with van der Waals surface area (Å²) in [5.74, 6) is -0.191. The van der Waals surface area contributed by atoms with Crippen LogP contribution in [0.5, 0.6) is 0 Å². The number of nitrogens with zero attached hydrogens (tertiary/aromatic N) is 2. The number of rotatable bonds is 6. The fraction of sp³-hybridized carbons (Fsp3) is 0.280. The number of fused-ring (bicyclic) bond motifs is 3. The van der Waals surface area contributed by atoms with Crippen molar-refractivity contribution in [3.8, 4) is 0 Å². The number of benzene rings is 2. The molecule has 1 unspecified atom stereocenters. The molecule has 0 radical (unpaired) electrons. The van der Waals surface area contributed by atoms with Crippen LogP contribution in [0, 0.1) is 5.82 Å². The van der Waals surface area contributed by atoms with E-state index in [-0.39, 0.29) is 11.4 Å². The van der Waals surface area contributed by atoms with Crippen LogP contribution in [0.1, 0.15) is 28.0 Å². The summed E-state index contributed by atoms with van der Waals surface area (Å²) in [6.45, 7) is 1.26. The lowest BCUT2D eigenvalue weighted by Gasteiger charge is -2.23. The zero-order valence-corrected chi connectivity index (χ0v) is 19.1. The molecule has 4 aromatic rings. The molecule has 2 heterocycles. The highest BCUT2D eigenvalue weighted by molar-refractivity contribution is 7.18. The second-order valence-electron chi connectivity index (χ2n) is 8.27. The highest BCUT2D eigenvalue weighted by Crippen LogP contribution is 2.33. The van der Waals surface area contributed by atoms with Gasteiger partial charge in [0.25, 0.3) is 5.56 Å². The summed E-state index contributed by atoms with van der Waals surface area (Å²) in [6.07, 6.45) is 5.18. The minimum absolute atomic E-state index is 0.0185. The lowest BCUT2D eigenvalue weighted by atomic mass is 9.93. The third-order valence-electron chi connectivity index (χ3n) is 6.01. The molecule has 4 nitrogen and oxygen atoms in total.